The zero-order valence-corrected chi connectivity index (χ0v) is 48.7. The van der Waals surface area contributed by atoms with E-state index >= 15 is 0 Å². The molecule has 68 radical (unpaired) electrons. The molecule has 0 heterocycles. The third-order valence-corrected chi connectivity index (χ3v) is 19.6. The van der Waals surface area contributed by atoms with E-state index in [1.165, 1.54) is 0 Å². The van der Waals surface area contributed by atoms with Gasteiger partial charge < -0.3 is 0 Å². The van der Waals surface area contributed by atoms with Gasteiger partial charge in [0.2, 0.25) is 0 Å². The maximum absolute atomic E-state index is 7.65. The highest BCUT2D eigenvalue weighted by Gasteiger charge is 2.58. The van der Waals surface area contributed by atoms with Crippen LogP contribution in [0, 0.1) is 0 Å². The average molecular weight is 1060 g/mol. The lowest BCUT2D eigenvalue weighted by molar-refractivity contribution is 0.540. The van der Waals surface area contributed by atoms with Gasteiger partial charge in [0.15, 0.2) is 0 Å². The summed E-state index contributed by atoms with van der Waals surface area (Å²) in [6, 6.07) is 0. The molecule has 0 spiro atoms. The molecule has 0 aliphatic heterocycles. The highest BCUT2D eigenvalue weighted by Crippen LogP contribution is 2.63. The molecule has 0 aromatic heterocycles. The summed E-state index contributed by atoms with van der Waals surface area (Å²) in [5, 5.41) is -3.28. The highest BCUT2D eigenvalue weighted by atomic mass is 14.5. The quantitative estimate of drug-likeness (QED) is 0.119. The van der Waals surface area contributed by atoms with Crippen molar-refractivity contribution < 1.29 is 0 Å². The largest absolute Gasteiger partial charge is 0.119 e. The van der Waals surface area contributed by atoms with E-state index in [2.05, 4.69) is 0 Å². The van der Waals surface area contributed by atoms with Crippen molar-refractivity contribution in [2.24, 2.45) is 0 Å². The van der Waals surface area contributed by atoms with Crippen molar-refractivity contribution in [3.8, 4) is 44.5 Å². The van der Waals surface area contributed by atoms with Gasteiger partial charge in [-0.25, -0.2) is 0 Å². The zero-order chi connectivity index (χ0) is 67.1. The normalized spacial score (nSPS) is 14.4. The molecule has 34 heteroatoms. The van der Waals surface area contributed by atoms with Crippen molar-refractivity contribution in [1.29, 1.82) is 0 Å². The standard InChI is InChI=1S/C57H4B34/c1-2-3-5-6-4(2)29(60)51(82)48(79)19(6)43(74)42(73)18(5)39(70)30(61)9(3)23-27(58)25-16(37(68)46(23)77)17-26(55(25,56(86,87)88)57(89,90)91)28(59)24(47(78)38(17)69)15-14-13(35(66)53(84)54(85)36(14)67)12(32(63)34(15)65)11-10-7-8-21(41(72)31(10)62)49(80)52(83)50(81)22(8)45(76)44(75)20(7)40(71)33(11)64/h2H,1H3. The van der Waals surface area contributed by atoms with Crippen molar-refractivity contribution in [2.75, 3.05) is 0 Å². The summed E-state index contributed by atoms with van der Waals surface area (Å²) in [6.45, 7) is 1.82. The summed E-state index contributed by atoms with van der Waals surface area (Å²) >= 11 is 0. The summed E-state index contributed by atoms with van der Waals surface area (Å²) in [4.78, 5) is 0. The Labute approximate surface area is 575 Å². The summed E-state index contributed by atoms with van der Waals surface area (Å²) < 4.78 is 0. The van der Waals surface area contributed by atoms with Crippen molar-refractivity contribution in [3.05, 3.63) is 22.3 Å². The molecule has 0 N–H and O–H groups in total. The molecule has 1 unspecified atom stereocenters. The first kappa shape index (κ1) is 65.1. The molecule has 334 valence electrons. The Balaban J connectivity index is 1.18. The highest BCUT2D eigenvalue weighted by molar-refractivity contribution is 6.79. The maximum Gasteiger partial charge on any atom is 0.115 e. The molecule has 0 saturated carbocycles. The van der Waals surface area contributed by atoms with Gasteiger partial charge in [-0.2, -0.15) is 0 Å². The molecule has 0 amide bonds. The fourth-order valence-corrected chi connectivity index (χ4v) is 15.5. The monoisotopic (exact) mass is 1060 g/mol. The van der Waals surface area contributed by atoms with E-state index in [-0.39, 0.29) is 252 Å². The van der Waals surface area contributed by atoms with Gasteiger partial charge in [-0.15, -0.1) is 32.1 Å². The van der Waals surface area contributed by atoms with Crippen LogP contribution in [-0.4, -0.2) is 267 Å². The number of hydrogen-bond acceptors (Lipinski definition) is 0. The third-order valence-electron chi connectivity index (χ3n) is 19.6. The summed E-state index contributed by atoms with van der Waals surface area (Å²) in [7, 11) is 239. The Morgan fingerprint density at radius 1 is 0.187 bits per heavy atom. The first-order valence-corrected chi connectivity index (χ1v) is 27.5. The van der Waals surface area contributed by atoms with Crippen molar-refractivity contribution >= 4 is 484 Å². The first-order chi connectivity index (χ1) is 42.2. The van der Waals surface area contributed by atoms with E-state index in [0.717, 1.165) is 0 Å². The predicted octanol–water partition coefficient (Wildman–Crippen LogP) is -20.8. The molecule has 11 aromatic rings. The van der Waals surface area contributed by atoms with E-state index in [4.69, 9.17) is 267 Å². The van der Waals surface area contributed by atoms with Crippen LogP contribution in [0.1, 0.15) is 35.1 Å². The lowest BCUT2D eigenvalue weighted by Gasteiger charge is -2.57. The molecule has 13 rings (SSSR count). The van der Waals surface area contributed by atoms with Gasteiger partial charge in [0, 0.05) is 5.92 Å². The van der Waals surface area contributed by atoms with Gasteiger partial charge in [0.05, 0.1) is 47.1 Å². The minimum absolute atomic E-state index is 0.0245. The van der Waals surface area contributed by atoms with E-state index in [1.807, 2.05) is 6.92 Å². The second-order valence-corrected chi connectivity index (χ2v) is 24.0. The Kier molecular flexibility index (Phi) is 14.7. The molecular formula is C57H4B34. The predicted molar refractivity (Wildman–Crippen MR) is 423 cm³/mol. The second kappa shape index (κ2) is 20.5. The van der Waals surface area contributed by atoms with Crippen LogP contribution in [-0.2, 0) is 5.41 Å². The molecular weight excluding hydrogens is 1050 g/mol. The van der Waals surface area contributed by atoms with Crippen molar-refractivity contribution in [3.63, 3.8) is 0 Å². The van der Waals surface area contributed by atoms with E-state index < -0.39 is 27.0 Å². The van der Waals surface area contributed by atoms with Gasteiger partial charge in [0.1, 0.15) is 220 Å². The van der Waals surface area contributed by atoms with Gasteiger partial charge in [-0.1, -0.05) is 138 Å². The fraction of sp³-hybridized carbons (Fsp3) is 0.0877. The van der Waals surface area contributed by atoms with Gasteiger partial charge >= 0.3 is 0 Å². The molecule has 1 atom stereocenters. The van der Waals surface area contributed by atoms with Crippen molar-refractivity contribution in [2.45, 2.75) is 28.5 Å². The van der Waals surface area contributed by atoms with Crippen LogP contribution in [0.2, 0.25) is 10.2 Å². The molecule has 0 bridgehead atoms. The molecule has 2 aliphatic carbocycles. The van der Waals surface area contributed by atoms with E-state index in [0.29, 0.717) is 27.3 Å². The number of benzene rings is 11. The van der Waals surface area contributed by atoms with Crippen LogP contribution in [0.25, 0.3) is 109 Å². The second-order valence-electron chi connectivity index (χ2n) is 24.0. The molecule has 0 saturated heterocycles. The van der Waals surface area contributed by atoms with E-state index in [9.17, 15) is 0 Å². The minimum Gasteiger partial charge on any atom is -0.119 e. The molecule has 91 heavy (non-hydrogen) atoms. The Hall–Kier alpha value is -4.55. The van der Waals surface area contributed by atoms with Crippen molar-refractivity contribution in [1.82, 2.24) is 0 Å². The van der Waals surface area contributed by atoms with Crippen LogP contribution in [0.15, 0.2) is 0 Å². The van der Waals surface area contributed by atoms with Crippen LogP contribution in [0.4, 0.5) is 0 Å². The van der Waals surface area contributed by atoms with Gasteiger partial charge in [-0.3, -0.25) is 0 Å². The summed E-state index contributed by atoms with van der Waals surface area (Å²) in [5.74, 6) is -0.707. The van der Waals surface area contributed by atoms with Gasteiger partial charge in [-0.05, 0) is 137 Å². The first-order valence-electron chi connectivity index (χ1n) is 27.5. The van der Waals surface area contributed by atoms with Crippen LogP contribution in [0.5, 0.6) is 0 Å². The summed E-state index contributed by atoms with van der Waals surface area (Å²) in [6.07, 6.45) is 0. The number of fused-ring (bicyclic) bond motifs is 4. The number of rotatable bonds is 5. The molecule has 2 aliphatic rings. The average Bonchev–Trinajstić information content (AvgIpc) is 1.59. The van der Waals surface area contributed by atoms with Gasteiger partial charge in [0.25, 0.3) is 0 Å². The Morgan fingerprint density at radius 3 is 0.769 bits per heavy atom. The Morgan fingerprint density at radius 2 is 0.396 bits per heavy atom. The topological polar surface area (TPSA) is 0 Å². The van der Waals surface area contributed by atoms with E-state index in [1.54, 1.807) is 0 Å². The lowest BCUT2D eigenvalue weighted by Crippen LogP contribution is -2.57. The fourth-order valence-electron chi connectivity index (χ4n) is 15.5. The third kappa shape index (κ3) is 7.51. The van der Waals surface area contributed by atoms with Crippen LogP contribution in [0.3, 0.4) is 0 Å². The SMILES string of the molecule is [B]c1c([B])c2c(c([B])c1-c1c([B])c([B])c3c([B])c([B])c4c([B])c([B])c([B])c5c4c3c1C5C)C(C([B])([B])[B])(C([B])([B])[B])c1c([B])c(-c3c([B])c([B])c(-c4c([B])c([B])c5c([B])c([B])c6c([B])c([B])c([B])c7c([B])c([B])c4c5c67)c4c([B])c([B])c([B])c([B])c34)c([B])c([B])c1-2. The Bertz CT molecular complexity index is 5380. The zero-order valence-electron chi connectivity index (χ0n) is 48.7. The smallest absolute Gasteiger partial charge is 0.115 e. The molecule has 0 nitrogen and oxygen atoms in total. The minimum atomic E-state index is -2.79. The summed E-state index contributed by atoms with van der Waals surface area (Å²) in [5.41, 5.74) is -7.44. The van der Waals surface area contributed by atoms with Crippen LogP contribution >= 0.6 is 0 Å². The number of hydrogen-bond donors (Lipinski definition) is 0. The van der Waals surface area contributed by atoms with Crippen LogP contribution < -0.4 is 153 Å². The lowest BCUT2D eigenvalue weighted by atomic mass is 9.17. The molecule has 0 fully saturated rings. The molecule has 11 aromatic carbocycles. The maximum atomic E-state index is 7.65.